The summed E-state index contributed by atoms with van der Waals surface area (Å²) in [5.74, 6) is 0.550. The molecule has 2 aromatic rings. The van der Waals surface area contributed by atoms with Gasteiger partial charge >= 0.3 is 0 Å². The van der Waals surface area contributed by atoms with E-state index in [1.807, 2.05) is 37.3 Å². The first-order valence-corrected chi connectivity index (χ1v) is 6.82. The van der Waals surface area contributed by atoms with Gasteiger partial charge in [0.15, 0.2) is 5.82 Å². The van der Waals surface area contributed by atoms with Gasteiger partial charge in [-0.2, -0.15) is 0 Å². The highest BCUT2D eigenvalue weighted by atomic mass is 16.1. The molecule has 2 heterocycles. The summed E-state index contributed by atoms with van der Waals surface area (Å²) in [5, 5.41) is 5.94. The molecule has 0 aliphatic carbocycles. The zero-order chi connectivity index (χ0) is 14.7. The summed E-state index contributed by atoms with van der Waals surface area (Å²) in [6, 6.07) is 9.73. The smallest absolute Gasteiger partial charge is 0.251 e. The molecule has 1 amide bonds. The fraction of sp³-hybridized carbons (Fsp3) is 0.188. The number of carbonyl (C=O) groups is 1. The number of hydrogen-bond acceptors (Lipinski definition) is 4. The average molecular weight is 280 g/mol. The van der Waals surface area contributed by atoms with Crippen LogP contribution in [-0.2, 0) is 4.79 Å². The summed E-state index contributed by atoms with van der Waals surface area (Å²) in [6.07, 6.45) is 3.26. The zero-order valence-electron chi connectivity index (χ0n) is 11.8. The minimum atomic E-state index is -0.0949. The van der Waals surface area contributed by atoms with Crippen molar-refractivity contribution in [2.24, 2.45) is 0 Å². The molecule has 0 unspecified atom stereocenters. The summed E-state index contributed by atoms with van der Waals surface area (Å²) in [6.45, 7) is 3.43. The predicted octanol–water partition coefficient (Wildman–Crippen LogP) is 2.00. The Hall–Kier alpha value is -2.53. The molecule has 21 heavy (non-hydrogen) atoms. The summed E-state index contributed by atoms with van der Waals surface area (Å²) in [5.41, 5.74) is 3.47. The molecular weight excluding hydrogens is 264 g/mol. The van der Waals surface area contributed by atoms with Gasteiger partial charge in [0.1, 0.15) is 0 Å². The SMILES string of the molecule is CC(C(=O)Nc1cnc(-c2ccccc2)nc1)=C1CNC1. The summed E-state index contributed by atoms with van der Waals surface area (Å²) in [4.78, 5) is 20.6. The van der Waals surface area contributed by atoms with Gasteiger partial charge in [0.2, 0.25) is 0 Å². The number of amides is 1. The van der Waals surface area contributed by atoms with E-state index in [1.54, 1.807) is 12.4 Å². The highest BCUT2D eigenvalue weighted by Gasteiger charge is 2.16. The Morgan fingerprint density at radius 1 is 1.14 bits per heavy atom. The Morgan fingerprint density at radius 3 is 2.38 bits per heavy atom. The number of carbonyl (C=O) groups excluding carboxylic acids is 1. The lowest BCUT2D eigenvalue weighted by atomic mass is 10.0. The molecule has 2 N–H and O–H groups in total. The van der Waals surface area contributed by atoms with Gasteiger partial charge in [-0.05, 0) is 12.5 Å². The number of nitrogens with one attached hydrogen (secondary N) is 2. The van der Waals surface area contributed by atoms with Crippen LogP contribution < -0.4 is 10.6 Å². The second kappa shape index (κ2) is 5.85. The molecule has 1 aliphatic heterocycles. The molecule has 0 atom stereocenters. The van der Waals surface area contributed by atoms with E-state index in [4.69, 9.17) is 0 Å². The maximum absolute atomic E-state index is 12.0. The van der Waals surface area contributed by atoms with Crippen molar-refractivity contribution in [2.75, 3.05) is 18.4 Å². The number of nitrogens with zero attached hydrogens (tertiary/aromatic N) is 2. The molecule has 0 radical (unpaired) electrons. The van der Waals surface area contributed by atoms with Crippen molar-refractivity contribution < 1.29 is 4.79 Å². The third-order valence-corrected chi connectivity index (χ3v) is 3.49. The van der Waals surface area contributed by atoms with Gasteiger partial charge in [-0.25, -0.2) is 9.97 Å². The lowest BCUT2D eigenvalue weighted by molar-refractivity contribution is -0.112. The van der Waals surface area contributed by atoms with Crippen LogP contribution in [0.1, 0.15) is 6.92 Å². The molecule has 106 valence electrons. The highest BCUT2D eigenvalue weighted by molar-refractivity contribution is 6.03. The fourth-order valence-corrected chi connectivity index (χ4v) is 2.03. The van der Waals surface area contributed by atoms with Gasteiger partial charge in [0, 0.05) is 24.2 Å². The minimum absolute atomic E-state index is 0.0949. The second-order valence-electron chi connectivity index (χ2n) is 4.95. The van der Waals surface area contributed by atoms with E-state index < -0.39 is 0 Å². The van der Waals surface area contributed by atoms with Crippen LogP contribution in [0, 0.1) is 0 Å². The zero-order valence-corrected chi connectivity index (χ0v) is 11.8. The molecule has 1 aliphatic rings. The van der Waals surface area contributed by atoms with Gasteiger partial charge in [0.05, 0.1) is 18.1 Å². The van der Waals surface area contributed by atoms with Crippen molar-refractivity contribution in [1.82, 2.24) is 15.3 Å². The second-order valence-corrected chi connectivity index (χ2v) is 4.95. The van der Waals surface area contributed by atoms with Crippen molar-refractivity contribution >= 4 is 11.6 Å². The van der Waals surface area contributed by atoms with Crippen LogP contribution in [0.15, 0.2) is 53.9 Å². The van der Waals surface area contributed by atoms with Crippen LogP contribution in [0.25, 0.3) is 11.4 Å². The van der Waals surface area contributed by atoms with Crippen molar-refractivity contribution in [3.05, 3.63) is 53.9 Å². The van der Waals surface area contributed by atoms with E-state index in [0.717, 1.165) is 29.8 Å². The monoisotopic (exact) mass is 280 g/mol. The molecule has 5 heteroatoms. The van der Waals surface area contributed by atoms with Crippen molar-refractivity contribution in [3.63, 3.8) is 0 Å². The molecule has 0 bridgehead atoms. The van der Waals surface area contributed by atoms with E-state index in [9.17, 15) is 4.79 Å². The first kappa shape index (κ1) is 13.5. The van der Waals surface area contributed by atoms with Gasteiger partial charge in [-0.3, -0.25) is 4.79 Å². The van der Waals surface area contributed by atoms with E-state index in [2.05, 4.69) is 20.6 Å². The number of benzene rings is 1. The minimum Gasteiger partial charge on any atom is -0.320 e. The summed E-state index contributed by atoms with van der Waals surface area (Å²) >= 11 is 0. The van der Waals surface area contributed by atoms with Crippen LogP contribution in [0.2, 0.25) is 0 Å². The van der Waals surface area contributed by atoms with Crippen molar-refractivity contribution in [1.29, 1.82) is 0 Å². The quantitative estimate of drug-likeness (QED) is 0.844. The molecule has 0 saturated carbocycles. The molecule has 1 saturated heterocycles. The third-order valence-electron chi connectivity index (χ3n) is 3.49. The van der Waals surface area contributed by atoms with Crippen molar-refractivity contribution in [2.45, 2.75) is 6.92 Å². The molecule has 1 aromatic carbocycles. The number of anilines is 1. The normalized spacial score (nSPS) is 13.5. The molecule has 1 aromatic heterocycles. The number of hydrogen-bond donors (Lipinski definition) is 2. The molecule has 0 spiro atoms. The molecule has 1 fully saturated rings. The van der Waals surface area contributed by atoms with Gasteiger partial charge in [0.25, 0.3) is 5.91 Å². The Kier molecular flexibility index (Phi) is 3.75. The molecule has 3 rings (SSSR count). The topological polar surface area (TPSA) is 66.9 Å². The number of rotatable bonds is 3. The average Bonchev–Trinajstić information content (AvgIpc) is 2.47. The van der Waals surface area contributed by atoms with Gasteiger partial charge in [-0.15, -0.1) is 0 Å². The summed E-state index contributed by atoms with van der Waals surface area (Å²) in [7, 11) is 0. The number of aromatic nitrogens is 2. The summed E-state index contributed by atoms with van der Waals surface area (Å²) < 4.78 is 0. The Balaban J connectivity index is 1.72. The lowest BCUT2D eigenvalue weighted by Crippen LogP contribution is -2.36. The first-order chi connectivity index (χ1) is 10.2. The van der Waals surface area contributed by atoms with E-state index in [1.165, 1.54) is 0 Å². The van der Waals surface area contributed by atoms with Crippen LogP contribution in [0.4, 0.5) is 5.69 Å². The predicted molar refractivity (Wildman–Crippen MR) is 81.7 cm³/mol. The van der Waals surface area contributed by atoms with Gasteiger partial charge < -0.3 is 10.6 Å². The fourth-order valence-electron chi connectivity index (χ4n) is 2.03. The van der Waals surface area contributed by atoms with Crippen LogP contribution in [0.3, 0.4) is 0 Å². The maximum atomic E-state index is 12.0. The molecular formula is C16H16N4O. The largest absolute Gasteiger partial charge is 0.320 e. The van der Waals surface area contributed by atoms with Crippen LogP contribution in [-0.4, -0.2) is 29.0 Å². The Bertz CT molecular complexity index is 671. The molecule has 5 nitrogen and oxygen atoms in total. The van der Waals surface area contributed by atoms with Crippen molar-refractivity contribution in [3.8, 4) is 11.4 Å². The van der Waals surface area contributed by atoms with Crippen LogP contribution >= 0.6 is 0 Å². The Labute approximate surface area is 123 Å². The highest BCUT2D eigenvalue weighted by Crippen LogP contribution is 2.16. The third kappa shape index (κ3) is 2.98. The van der Waals surface area contributed by atoms with Gasteiger partial charge in [-0.1, -0.05) is 30.3 Å². The maximum Gasteiger partial charge on any atom is 0.251 e. The Morgan fingerprint density at radius 2 is 1.81 bits per heavy atom. The van der Waals surface area contributed by atoms with Crippen LogP contribution in [0.5, 0.6) is 0 Å². The lowest BCUT2D eigenvalue weighted by Gasteiger charge is -2.21. The van der Waals surface area contributed by atoms with E-state index >= 15 is 0 Å². The first-order valence-electron chi connectivity index (χ1n) is 6.82. The van der Waals surface area contributed by atoms with E-state index in [-0.39, 0.29) is 5.91 Å². The van der Waals surface area contributed by atoms with E-state index in [0.29, 0.717) is 11.5 Å². The standard InChI is InChI=1S/C16H16N4O/c1-11(13-7-17-8-13)16(21)20-14-9-18-15(19-10-14)12-5-3-2-4-6-12/h2-6,9-10,17H,7-8H2,1H3,(H,20,21).